The Morgan fingerprint density at radius 3 is 2.59 bits per heavy atom. The molecule has 102 valence electrons. The molecule has 0 aromatic rings. The second-order valence-electron chi connectivity index (χ2n) is 5.69. The molecule has 1 fully saturated rings. The second-order valence-corrected chi connectivity index (χ2v) is 5.69. The molecule has 1 aliphatic rings. The Bertz CT molecular complexity index is 178. The van der Waals surface area contributed by atoms with Crippen LogP contribution in [0.5, 0.6) is 0 Å². The van der Waals surface area contributed by atoms with Gasteiger partial charge in [0.2, 0.25) is 0 Å². The lowest BCUT2D eigenvalue weighted by Gasteiger charge is -2.20. The Morgan fingerprint density at radius 2 is 2.00 bits per heavy atom. The van der Waals surface area contributed by atoms with E-state index in [4.69, 9.17) is 0 Å². The fourth-order valence-electron chi connectivity index (χ4n) is 2.32. The fraction of sp³-hybridized carbons (Fsp3) is 1.00. The molecule has 2 heteroatoms. The van der Waals surface area contributed by atoms with Crippen LogP contribution < -0.4 is 5.32 Å². The fourth-order valence-corrected chi connectivity index (χ4v) is 2.32. The predicted molar refractivity (Wildman–Crippen MR) is 76.4 cm³/mol. The van der Waals surface area contributed by atoms with Crippen molar-refractivity contribution >= 4 is 0 Å². The maximum atomic E-state index is 3.56. The van der Waals surface area contributed by atoms with Gasteiger partial charge < -0.3 is 10.2 Å². The molecule has 2 nitrogen and oxygen atoms in total. The Labute approximate surface area is 108 Å². The van der Waals surface area contributed by atoms with Gasteiger partial charge in [-0.2, -0.15) is 0 Å². The zero-order valence-corrected chi connectivity index (χ0v) is 12.2. The quantitative estimate of drug-likeness (QED) is 0.558. The minimum Gasteiger partial charge on any atom is -0.314 e. The second kappa shape index (κ2) is 8.93. The Balaban J connectivity index is 1.93. The summed E-state index contributed by atoms with van der Waals surface area (Å²) in [6.45, 7) is 11.9. The molecule has 1 atom stereocenters. The molecule has 0 aliphatic heterocycles. The zero-order valence-electron chi connectivity index (χ0n) is 12.2. The molecule has 0 spiro atoms. The van der Waals surface area contributed by atoms with Crippen molar-refractivity contribution in [1.29, 1.82) is 0 Å². The van der Waals surface area contributed by atoms with E-state index in [0.29, 0.717) is 6.04 Å². The van der Waals surface area contributed by atoms with E-state index in [9.17, 15) is 0 Å². The first-order chi connectivity index (χ1) is 8.26. The van der Waals surface area contributed by atoms with E-state index in [1.807, 2.05) is 0 Å². The van der Waals surface area contributed by atoms with Crippen LogP contribution in [0.2, 0.25) is 0 Å². The van der Waals surface area contributed by atoms with Crippen molar-refractivity contribution in [2.45, 2.75) is 65.3 Å². The van der Waals surface area contributed by atoms with E-state index in [2.05, 4.69) is 31.0 Å². The molecule has 1 aliphatic carbocycles. The molecule has 0 heterocycles. The average molecular weight is 240 g/mol. The van der Waals surface area contributed by atoms with Crippen molar-refractivity contribution in [3.05, 3.63) is 0 Å². The van der Waals surface area contributed by atoms with E-state index >= 15 is 0 Å². The number of nitrogens with one attached hydrogen (secondary N) is 1. The topological polar surface area (TPSA) is 15.3 Å². The van der Waals surface area contributed by atoms with Gasteiger partial charge >= 0.3 is 0 Å². The Hall–Kier alpha value is -0.0800. The SMILES string of the molecule is CCCNC(C)CCCCN(CC)CC1CC1. The summed E-state index contributed by atoms with van der Waals surface area (Å²) in [5.74, 6) is 1.04. The molecule has 1 rings (SSSR count). The first kappa shape index (κ1) is 15.0. The van der Waals surface area contributed by atoms with Crippen molar-refractivity contribution in [3.8, 4) is 0 Å². The van der Waals surface area contributed by atoms with Gasteiger partial charge in [0.1, 0.15) is 0 Å². The summed E-state index contributed by atoms with van der Waals surface area (Å²) < 4.78 is 0. The highest BCUT2D eigenvalue weighted by atomic mass is 15.1. The van der Waals surface area contributed by atoms with Crippen LogP contribution in [0.3, 0.4) is 0 Å². The molecule has 0 radical (unpaired) electrons. The molecular formula is C15H32N2. The molecule has 0 saturated heterocycles. The van der Waals surface area contributed by atoms with Gasteiger partial charge in [0, 0.05) is 12.6 Å². The maximum absolute atomic E-state index is 3.56. The summed E-state index contributed by atoms with van der Waals surface area (Å²) >= 11 is 0. The smallest absolute Gasteiger partial charge is 0.00387 e. The highest BCUT2D eigenvalue weighted by Gasteiger charge is 2.23. The average Bonchev–Trinajstić information content (AvgIpc) is 3.14. The molecule has 1 unspecified atom stereocenters. The Morgan fingerprint density at radius 1 is 1.24 bits per heavy atom. The predicted octanol–water partition coefficient (Wildman–Crippen LogP) is 3.28. The van der Waals surface area contributed by atoms with Gasteiger partial charge in [0.25, 0.3) is 0 Å². The summed E-state index contributed by atoms with van der Waals surface area (Å²) in [6.07, 6.45) is 8.29. The van der Waals surface area contributed by atoms with Gasteiger partial charge in [-0.05, 0) is 64.6 Å². The normalized spacial score (nSPS) is 17.6. The molecule has 1 saturated carbocycles. The molecule has 17 heavy (non-hydrogen) atoms. The highest BCUT2D eigenvalue weighted by Crippen LogP contribution is 2.29. The van der Waals surface area contributed by atoms with Gasteiger partial charge in [-0.3, -0.25) is 0 Å². The third-order valence-corrected chi connectivity index (χ3v) is 3.76. The van der Waals surface area contributed by atoms with Crippen molar-refractivity contribution in [2.75, 3.05) is 26.2 Å². The number of unbranched alkanes of at least 4 members (excludes halogenated alkanes) is 1. The third kappa shape index (κ3) is 7.77. The minimum absolute atomic E-state index is 0.702. The van der Waals surface area contributed by atoms with Crippen LogP contribution in [0.4, 0.5) is 0 Å². The zero-order chi connectivity index (χ0) is 12.5. The van der Waals surface area contributed by atoms with Gasteiger partial charge in [-0.25, -0.2) is 0 Å². The van der Waals surface area contributed by atoms with Crippen LogP contribution in [0, 0.1) is 5.92 Å². The molecule has 0 amide bonds. The van der Waals surface area contributed by atoms with Gasteiger partial charge in [-0.1, -0.05) is 20.3 Å². The highest BCUT2D eigenvalue weighted by molar-refractivity contribution is 4.76. The first-order valence-corrected chi connectivity index (χ1v) is 7.72. The van der Waals surface area contributed by atoms with Gasteiger partial charge in [0.05, 0.1) is 0 Å². The van der Waals surface area contributed by atoms with Gasteiger partial charge in [0.15, 0.2) is 0 Å². The Kier molecular flexibility index (Phi) is 7.87. The van der Waals surface area contributed by atoms with Crippen LogP contribution in [-0.2, 0) is 0 Å². The number of hydrogen-bond acceptors (Lipinski definition) is 2. The molecule has 0 aromatic heterocycles. The number of hydrogen-bond donors (Lipinski definition) is 1. The third-order valence-electron chi connectivity index (χ3n) is 3.76. The molecule has 1 N–H and O–H groups in total. The van der Waals surface area contributed by atoms with Crippen LogP contribution in [0.1, 0.15) is 59.3 Å². The monoisotopic (exact) mass is 240 g/mol. The van der Waals surface area contributed by atoms with E-state index in [1.165, 1.54) is 64.7 Å². The lowest BCUT2D eigenvalue weighted by Crippen LogP contribution is -2.28. The summed E-state index contributed by atoms with van der Waals surface area (Å²) in [6, 6.07) is 0.702. The van der Waals surface area contributed by atoms with E-state index in [1.54, 1.807) is 0 Å². The van der Waals surface area contributed by atoms with Crippen molar-refractivity contribution in [1.82, 2.24) is 10.2 Å². The van der Waals surface area contributed by atoms with Crippen LogP contribution in [-0.4, -0.2) is 37.1 Å². The summed E-state index contributed by atoms with van der Waals surface area (Å²) in [5, 5.41) is 3.56. The largest absolute Gasteiger partial charge is 0.314 e. The number of nitrogens with zero attached hydrogens (tertiary/aromatic N) is 1. The van der Waals surface area contributed by atoms with Gasteiger partial charge in [-0.15, -0.1) is 0 Å². The van der Waals surface area contributed by atoms with E-state index in [-0.39, 0.29) is 0 Å². The lowest BCUT2D eigenvalue weighted by atomic mass is 10.1. The maximum Gasteiger partial charge on any atom is 0.00387 e. The lowest BCUT2D eigenvalue weighted by molar-refractivity contribution is 0.268. The van der Waals surface area contributed by atoms with Crippen LogP contribution >= 0.6 is 0 Å². The summed E-state index contributed by atoms with van der Waals surface area (Å²) in [5.41, 5.74) is 0. The van der Waals surface area contributed by atoms with E-state index < -0.39 is 0 Å². The number of rotatable bonds is 11. The molecule has 0 bridgehead atoms. The summed E-state index contributed by atoms with van der Waals surface area (Å²) in [4.78, 5) is 2.64. The molecule has 0 aromatic carbocycles. The molecular weight excluding hydrogens is 208 g/mol. The van der Waals surface area contributed by atoms with Crippen molar-refractivity contribution in [2.24, 2.45) is 5.92 Å². The minimum atomic E-state index is 0.702. The van der Waals surface area contributed by atoms with Crippen LogP contribution in [0.25, 0.3) is 0 Å². The summed E-state index contributed by atoms with van der Waals surface area (Å²) in [7, 11) is 0. The standard InChI is InChI=1S/C15H32N2/c1-4-11-16-14(3)8-6-7-12-17(5-2)13-15-9-10-15/h14-16H,4-13H2,1-3H3. The van der Waals surface area contributed by atoms with Crippen molar-refractivity contribution in [3.63, 3.8) is 0 Å². The first-order valence-electron chi connectivity index (χ1n) is 7.72. The van der Waals surface area contributed by atoms with Crippen LogP contribution in [0.15, 0.2) is 0 Å². The van der Waals surface area contributed by atoms with E-state index in [0.717, 1.165) is 5.92 Å². The van der Waals surface area contributed by atoms with Crippen molar-refractivity contribution < 1.29 is 0 Å².